The first-order valence-electron chi connectivity index (χ1n) is 14.0. The van der Waals surface area contributed by atoms with Crippen LogP contribution < -0.4 is 10.2 Å². The molecular formula is C28H37F2N7O2. The number of nitrogens with zero attached hydrogens (tertiary/aromatic N) is 6. The maximum atomic E-state index is 14.1. The molecule has 1 N–H and O–H groups in total. The van der Waals surface area contributed by atoms with Gasteiger partial charge in [0.2, 0.25) is 5.95 Å². The van der Waals surface area contributed by atoms with Crippen molar-refractivity contribution in [2.45, 2.75) is 57.6 Å². The summed E-state index contributed by atoms with van der Waals surface area (Å²) in [4.78, 5) is 18.3. The number of para-hydroxylation sites is 2. The summed E-state index contributed by atoms with van der Waals surface area (Å²) in [5.41, 5.74) is 1.04. The average Bonchev–Trinajstić information content (AvgIpc) is 3.53. The number of imidazole rings is 1. The van der Waals surface area contributed by atoms with Crippen LogP contribution in [0, 0.1) is 5.92 Å². The summed E-state index contributed by atoms with van der Waals surface area (Å²) < 4.78 is 41.1. The molecule has 4 heterocycles. The van der Waals surface area contributed by atoms with Gasteiger partial charge in [0.25, 0.3) is 6.43 Å². The van der Waals surface area contributed by atoms with Gasteiger partial charge in [-0.05, 0) is 57.6 Å². The third-order valence-electron chi connectivity index (χ3n) is 8.13. The number of hydrogen-bond donors (Lipinski definition) is 1. The minimum Gasteiger partial charge on any atom is -0.378 e. The van der Waals surface area contributed by atoms with E-state index in [1.165, 1.54) is 4.57 Å². The molecule has 1 saturated carbocycles. The zero-order valence-corrected chi connectivity index (χ0v) is 22.7. The second-order valence-corrected chi connectivity index (χ2v) is 11.4. The molecule has 2 aliphatic heterocycles. The zero-order valence-electron chi connectivity index (χ0n) is 22.7. The number of benzene rings is 1. The number of halogens is 2. The van der Waals surface area contributed by atoms with E-state index < -0.39 is 6.43 Å². The largest absolute Gasteiger partial charge is 0.378 e. The number of rotatable bonds is 7. The Hall–Kier alpha value is -2.89. The van der Waals surface area contributed by atoms with Crippen LogP contribution in [0.1, 0.15) is 51.8 Å². The van der Waals surface area contributed by atoms with Gasteiger partial charge in [-0.25, -0.2) is 13.8 Å². The van der Waals surface area contributed by atoms with Gasteiger partial charge in [0, 0.05) is 38.3 Å². The number of nitrogens with one attached hydrogen (secondary N) is 1. The SMILES string of the molecule is CC1(C)CN(C2CCC(CNc3nc(N4CCOCC4)cc(-n4c(C(F)F)nc5ccccc54)n3)CC2)CO1. The van der Waals surface area contributed by atoms with Gasteiger partial charge < -0.3 is 19.7 Å². The molecule has 0 spiro atoms. The Bertz CT molecular complexity index is 1290. The fourth-order valence-corrected chi connectivity index (χ4v) is 6.02. The molecule has 3 aromatic rings. The van der Waals surface area contributed by atoms with Crippen LogP contribution in [0.5, 0.6) is 0 Å². The molecule has 0 unspecified atom stereocenters. The Morgan fingerprint density at radius 3 is 2.49 bits per heavy atom. The van der Waals surface area contributed by atoms with Gasteiger partial charge in [-0.15, -0.1) is 0 Å². The summed E-state index contributed by atoms with van der Waals surface area (Å²) in [7, 11) is 0. The molecule has 6 rings (SSSR count). The molecule has 9 nitrogen and oxygen atoms in total. The Balaban J connectivity index is 1.22. The van der Waals surface area contributed by atoms with Crippen LogP contribution in [0.4, 0.5) is 20.5 Å². The number of morpholine rings is 1. The molecule has 3 aliphatic rings. The third kappa shape index (κ3) is 5.71. The Morgan fingerprint density at radius 1 is 1.03 bits per heavy atom. The minimum atomic E-state index is -2.74. The molecule has 39 heavy (non-hydrogen) atoms. The van der Waals surface area contributed by atoms with E-state index in [9.17, 15) is 8.78 Å². The first-order chi connectivity index (χ1) is 18.9. The lowest BCUT2D eigenvalue weighted by Crippen LogP contribution is -2.39. The first-order valence-corrected chi connectivity index (χ1v) is 14.0. The van der Waals surface area contributed by atoms with E-state index in [0.29, 0.717) is 66.9 Å². The average molecular weight is 542 g/mol. The van der Waals surface area contributed by atoms with Crippen LogP contribution in [-0.2, 0) is 9.47 Å². The monoisotopic (exact) mass is 541 g/mol. The lowest BCUT2D eigenvalue weighted by molar-refractivity contribution is 0.0242. The standard InChI is InChI=1S/C28H37F2N7O2/c1-28(2)17-36(18-39-28)20-9-7-19(8-10-20)16-31-27-33-23(35-11-13-38-14-12-35)15-24(34-27)37-22-6-4-3-5-21(22)32-26(37)25(29)30/h3-6,15,19-20,25H,7-14,16-18H2,1-2H3,(H,31,33,34). The van der Waals surface area contributed by atoms with Crippen molar-refractivity contribution in [1.82, 2.24) is 24.4 Å². The number of ether oxygens (including phenoxy) is 2. The van der Waals surface area contributed by atoms with Gasteiger partial charge in [0.1, 0.15) is 18.4 Å². The molecule has 0 amide bonds. The maximum Gasteiger partial charge on any atom is 0.296 e. The highest BCUT2D eigenvalue weighted by atomic mass is 19.3. The van der Waals surface area contributed by atoms with Crippen LogP contribution in [0.2, 0.25) is 0 Å². The molecule has 2 aromatic heterocycles. The van der Waals surface area contributed by atoms with Gasteiger partial charge in [0.15, 0.2) is 5.82 Å². The number of alkyl halides is 2. The van der Waals surface area contributed by atoms with Crippen molar-refractivity contribution >= 4 is 22.8 Å². The Labute approximate surface area is 227 Å². The van der Waals surface area contributed by atoms with E-state index in [1.54, 1.807) is 24.3 Å². The molecule has 3 fully saturated rings. The lowest BCUT2D eigenvalue weighted by atomic mass is 9.85. The fraction of sp³-hybridized carbons (Fsp3) is 0.607. The van der Waals surface area contributed by atoms with Gasteiger partial charge in [0.05, 0.1) is 29.8 Å². The highest BCUT2D eigenvalue weighted by Crippen LogP contribution is 2.33. The number of anilines is 2. The van der Waals surface area contributed by atoms with Gasteiger partial charge in [-0.3, -0.25) is 9.47 Å². The Morgan fingerprint density at radius 2 is 1.77 bits per heavy atom. The smallest absolute Gasteiger partial charge is 0.296 e. The van der Waals surface area contributed by atoms with Crippen LogP contribution >= 0.6 is 0 Å². The van der Waals surface area contributed by atoms with Gasteiger partial charge in [-0.2, -0.15) is 9.97 Å². The number of hydrogen-bond acceptors (Lipinski definition) is 8. The lowest BCUT2D eigenvalue weighted by Gasteiger charge is -2.34. The predicted molar refractivity (Wildman–Crippen MR) is 146 cm³/mol. The fourth-order valence-electron chi connectivity index (χ4n) is 6.02. The maximum absolute atomic E-state index is 14.1. The summed E-state index contributed by atoms with van der Waals surface area (Å²) >= 11 is 0. The van der Waals surface area contributed by atoms with Crippen molar-refractivity contribution < 1.29 is 18.3 Å². The van der Waals surface area contributed by atoms with E-state index in [2.05, 4.69) is 33.9 Å². The molecule has 2 saturated heterocycles. The number of aromatic nitrogens is 4. The van der Waals surface area contributed by atoms with Crippen LogP contribution in [-0.4, -0.2) is 82.2 Å². The van der Waals surface area contributed by atoms with E-state index in [0.717, 1.165) is 45.5 Å². The second kappa shape index (κ2) is 10.9. The predicted octanol–water partition coefficient (Wildman–Crippen LogP) is 4.63. The van der Waals surface area contributed by atoms with Gasteiger partial charge >= 0.3 is 0 Å². The van der Waals surface area contributed by atoms with Crippen molar-refractivity contribution in [2.24, 2.45) is 5.92 Å². The van der Waals surface area contributed by atoms with E-state index in [1.807, 2.05) is 6.07 Å². The van der Waals surface area contributed by atoms with Crippen LogP contribution in [0.15, 0.2) is 30.3 Å². The summed E-state index contributed by atoms with van der Waals surface area (Å²) in [5, 5.41) is 3.45. The van der Waals surface area contributed by atoms with Crippen molar-refractivity contribution in [2.75, 3.05) is 56.3 Å². The van der Waals surface area contributed by atoms with E-state index in [-0.39, 0.29) is 11.4 Å². The van der Waals surface area contributed by atoms with Crippen molar-refractivity contribution in [3.8, 4) is 5.82 Å². The summed E-state index contributed by atoms with van der Waals surface area (Å²) in [6, 6.07) is 9.51. The van der Waals surface area contributed by atoms with Crippen LogP contribution in [0.25, 0.3) is 16.9 Å². The van der Waals surface area contributed by atoms with Gasteiger partial charge in [-0.1, -0.05) is 12.1 Å². The third-order valence-corrected chi connectivity index (χ3v) is 8.13. The first kappa shape index (κ1) is 26.3. The molecule has 0 radical (unpaired) electrons. The summed E-state index contributed by atoms with van der Waals surface area (Å²) in [6.07, 6.45) is 1.78. The summed E-state index contributed by atoms with van der Waals surface area (Å²) in [6.45, 7) is 9.31. The zero-order chi connectivity index (χ0) is 27.0. The quantitative estimate of drug-likeness (QED) is 0.464. The Kier molecular flexibility index (Phi) is 7.39. The second-order valence-electron chi connectivity index (χ2n) is 11.4. The van der Waals surface area contributed by atoms with Crippen LogP contribution in [0.3, 0.4) is 0 Å². The molecule has 0 atom stereocenters. The molecule has 0 bridgehead atoms. The molecule has 1 aromatic carbocycles. The van der Waals surface area contributed by atoms with Crippen molar-refractivity contribution in [3.05, 3.63) is 36.2 Å². The topological polar surface area (TPSA) is 80.6 Å². The minimum absolute atomic E-state index is 0.0658. The summed E-state index contributed by atoms with van der Waals surface area (Å²) in [5.74, 6) is 1.72. The van der Waals surface area contributed by atoms with Crippen molar-refractivity contribution in [3.63, 3.8) is 0 Å². The highest BCUT2D eigenvalue weighted by Gasteiger charge is 2.35. The molecular weight excluding hydrogens is 504 g/mol. The molecule has 1 aliphatic carbocycles. The van der Waals surface area contributed by atoms with E-state index >= 15 is 0 Å². The highest BCUT2D eigenvalue weighted by molar-refractivity contribution is 5.78. The number of fused-ring (bicyclic) bond motifs is 1. The van der Waals surface area contributed by atoms with E-state index in [4.69, 9.17) is 19.4 Å². The molecule has 210 valence electrons. The normalized spacial score (nSPS) is 24.1. The molecule has 11 heteroatoms. The van der Waals surface area contributed by atoms with Crippen molar-refractivity contribution in [1.29, 1.82) is 0 Å².